The first-order valence-corrected chi connectivity index (χ1v) is 13.2. The van der Waals surface area contributed by atoms with E-state index in [0.717, 1.165) is 45.6 Å². The Bertz CT molecular complexity index is 1450. The fraction of sp³-hybridized carbons (Fsp3) is 0.231. The molecule has 2 heterocycles. The lowest BCUT2D eigenvalue weighted by atomic mass is 10.1. The van der Waals surface area contributed by atoms with E-state index < -0.39 is 0 Å². The number of rotatable bonds is 6. The molecule has 9 heteroatoms. The summed E-state index contributed by atoms with van der Waals surface area (Å²) in [7, 11) is 2.15. The second-order valence-electron chi connectivity index (χ2n) is 8.78. The summed E-state index contributed by atoms with van der Waals surface area (Å²) in [6.07, 6.45) is 1.95. The third kappa shape index (κ3) is 4.26. The number of benzene rings is 3. The normalized spacial score (nSPS) is 19.8. The maximum absolute atomic E-state index is 11.0. The predicted molar refractivity (Wildman–Crippen MR) is 144 cm³/mol. The van der Waals surface area contributed by atoms with Crippen LogP contribution in [0.4, 0.5) is 16.5 Å². The van der Waals surface area contributed by atoms with Gasteiger partial charge in [-0.05, 0) is 47.7 Å². The van der Waals surface area contributed by atoms with Gasteiger partial charge in [-0.2, -0.15) is 0 Å². The van der Waals surface area contributed by atoms with Crippen LogP contribution < -0.4 is 5.32 Å². The number of nitrogens with one attached hydrogen (secondary N) is 1. The number of anilines is 1. The molecule has 6 rings (SSSR count). The van der Waals surface area contributed by atoms with Gasteiger partial charge in [0.2, 0.25) is 0 Å². The number of aromatic nitrogens is 1. The molecular weight excluding hydrogens is 478 g/mol. The molecule has 35 heavy (non-hydrogen) atoms. The fourth-order valence-electron chi connectivity index (χ4n) is 4.81. The zero-order valence-corrected chi connectivity index (χ0v) is 20.7. The quantitative estimate of drug-likeness (QED) is 0.250. The molecule has 3 aromatic carbocycles. The highest BCUT2D eigenvalue weighted by Crippen LogP contribution is 2.48. The minimum absolute atomic E-state index is 0.0894. The van der Waals surface area contributed by atoms with Crippen molar-refractivity contribution in [2.45, 2.75) is 24.1 Å². The standard InChI is InChI=1S/C26H23N5O2S2/c1-30-24-20-5-3-2-4-17(20)14-23(24)35-26(30)28-18-8-6-16(7-9-18)12-13-27-25-29-21-11-10-19(31(32)33)15-22(21)34-25/h2-11,15,23-24H,12-14H2,1H3,(H,27,29)/t23?,24-/m0/s1. The van der Waals surface area contributed by atoms with Crippen LogP contribution in [0.25, 0.3) is 10.2 Å². The Hall–Kier alpha value is -3.43. The molecule has 0 radical (unpaired) electrons. The van der Waals surface area contributed by atoms with Crippen molar-refractivity contribution in [3.8, 4) is 0 Å². The highest BCUT2D eigenvalue weighted by Gasteiger charge is 2.43. The van der Waals surface area contributed by atoms with Crippen molar-refractivity contribution in [2.75, 3.05) is 18.9 Å². The summed E-state index contributed by atoms with van der Waals surface area (Å²) in [5.74, 6) is 0. The van der Waals surface area contributed by atoms with E-state index in [1.165, 1.54) is 34.1 Å². The van der Waals surface area contributed by atoms with Crippen molar-refractivity contribution in [1.82, 2.24) is 9.88 Å². The number of hydrogen-bond donors (Lipinski definition) is 1. The Morgan fingerprint density at radius 1 is 1.17 bits per heavy atom. The van der Waals surface area contributed by atoms with Gasteiger partial charge in [-0.1, -0.05) is 59.5 Å². The highest BCUT2D eigenvalue weighted by molar-refractivity contribution is 8.14. The van der Waals surface area contributed by atoms with Gasteiger partial charge in [0.15, 0.2) is 10.3 Å². The molecule has 1 fully saturated rings. The highest BCUT2D eigenvalue weighted by atomic mass is 32.2. The first-order chi connectivity index (χ1) is 17.0. The molecule has 2 aliphatic rings. The molecule has 7 nitrogen and oxygen atoms in total. The second kappa shape index (κ2) is 8.98. The molecule has 1 aromatic heterocycles. The summed E-state index contributed by atoms with van der Waals surface area (Å²) in [6, 6.07) is 22.3. The molecule has 176 valence electrons. The Kier molecular flexibility index (Phi) is 5.66. The van der Waals surface area contributed by atoms with E-state index in [9.17, 15) is 10.1 Å². The summed E-state index contributed by atoms with van der Waals surface area (Å²) in [5, 5.41) is 16.7. The number of nitrogens with zero attached hydrogens (tertiary/aromatic N) is 4. The number of amidine groups is 1. The third-order valence-electron chi connectivity index (χ3n) is 6.56. The van der Waals surface area contributed by atoms with Crippen molar-refractivity contribution in [1.29, 1.82) is 0 Å². The molecule has 1 N–H and O–H groups in total. The molecule has 1 unspecified atom stereocenters. The van der Waals surface area contributed by atoms with Crippen LogP contribution in [0, 0.1) is 10.1 Å². The van der Waals surface area contributed by atoms with E-state index >= 15 is 0 Å². The van der Waals surface area contributed by atoms with E-state index in [1.807, 2.05) is 11.8 Å². The molecule has 0 amide bonds. The lowest BCUT2D eigenvalue weighted by Crippen LogP contribution is -2.23. The maximum Gasteiger partial charge on any atom is 0.270 e. The lowest BCUT2D eigenvalue weighted by molar-refractivity contribution is -0.384. The Morgan fingerprint density at radius 3 is 2.83 bits per heavy atom. The summed E-state index contributed by atoms with van der Waals surface area (Å²) < 4.78 is 0.813. The number of non-ortho nitro benzene ring substituents is 1. The molecule has 2 atom stereocenters. The zero-order chi connectivity index (χ0) is 23.9. The number of fused-ring (bicyclic) bond motifs is 4. The van der Waals surface area contributed by atoms with E-state index in [-0.39, 0.29) is 10.6 Å². The Labute approximate surface area is 211 Å². The minimum atomic E-state index is -0.380. The fourth-order valence-corrected chi connectivity index (χ4v) is 7.16. The smallest absolute Gasteiger partial charge is 0.270 e. The van der Waals surface area contributed by atoms with Crippen molar-refractivity contribution >= 4 is 55.0 Å². The van der Waals surface area contributed by atoms with Gasteiger partial charge in [0.1, 0.15) is 0 Å². The van der Waals surface area contributed by atoms with Crippen molar-refractivity contribution < 1.29 is 4.92 Å². The van der Waals surface area contributed by atoms with Crippen LogP contribution in [0.15, 0.2) is 71.7 Å². The minimum Gasteiger partial charge on any atom is -0.361 e. The van der Waals surface area contributed by atoms with Gasteiger partial charge in [-0.15, -0.1) is 0 Å². The van der Waals surface area contributed by atoms with Crippen molar-refractivity contribution in [3.05, 3.63) is 93.5 Å². The topological polar surface area (TPSA) is 83.7 Å². The number of nitro groups is 1. The SMILES string of the molecule is CN1C(=Nc2ccc(CCNc3nc4ccc([N+](=O)[O-])cc4s3)cc2)SC2Cc3ccccc3[C@@H]21. The van der Waals surface area contributed by atoms with E-state index in [2.05, 4.69) is 70.8 Å². The average Bonchev–Trinajstić information content (AvgIpc) is 3.52. The van der Waals surface area contributed by atoms with Crippen molar-refractivity contribution in [2.24, 2.45) is 4.99 Å². The number of thioether (sulfide) groups is 1. The molecule has 1 saturated heterocycles. The third-order valence-corrected chi connectivity index (χ3v) is 8.85. The average molecular weight is 502 g/mol. The zero-order valence-electron chi connectivity index (χ0n) is 19.0. The van der Waals surface area contributed by atoms with Crippen LogP contribution in [-0.2, 0) is 12.8 Å². The predicted octanol–water partition coefficient (Wildman–Crippen LogP) is 6.19. The Balaban J connectivity index is 1.07. The molecule has 4 aromatic rings. The molecule has 0 spiro atoms. The van der Waals surface area contributed by atoms with Gasteiger partial charge in [0.05, 0.1) is 26.9 Å². The largest absolute Gasteiger partial charge is 0.361 e. The van der Waals surface area contributed by atoms with Crippen LogP contribution in [0.2, 0.25) is 0 Å². The molecular formula is C26H23N5O2S2. The second-order valence-corrected chi connectivity index (χ2v) is 11.0. The molecule has 0 bridgehead atoms. The summed E-state index contributed by atoms with van der Waals surface area (Å²) in [6.45, 7) is 0.733. The van der Waals surface area contributed by atoms with E-state index in [1.54, 1.807) is 12.1 Å². The van der Waals surface area contributed by atoms with Gasteiger partial charge >= 0.3 is 0 Å². The van der Waals surface area contributed by atoms with Crippen LogP contribution in [0.1, 0.15) is 22.7 Å². The lowest BCUT2D eigenvalue weighted by Gasteiger charge is -2.21. The van der Waals surface area contributed by atoms with Gasteiger partial charge in [0.25, 0.3) is 5.69 Å². The van der Waals surface area contributed by atoms with Crippen molar-refractivity contribution in [3.63, 3.8) is 0 Å². The van der Waals surface area contributed by atoms with Gasteiger partial charge < -0.3 is 10.2 Å². The van der Waals surface area contributed by atoms with Crippen LogP contribution in [-0.4, -0.2) is 38.8 Å². The molecule has 0 saturated carbocycles. The van der Waals surface area contributed by atoms with Crippen LogP contribution in [0.5, 0.6) is 0 Å². The van der Waals surface area contributed by atoms with Crippen LogP contribution >= 0.6 is 23.1 Å². The Morgan fingerprint density at radius 2 is 2.00 bits per heavy atom. The first-order valence-electron chi connectivity index (χ1n) is 11.5. The molecule has 1 aliphatic heterocycles. The number of thiazole rings is 1. The summed E-state index contributed by atoms with van der Waals surface area (Å²) in [4.78, 5) is 22.4. The van der Waals surface area contributed by atoms with E-state index in [0.29, 0.717) is 11.3 Å². The van der Waals surface area contributed by atoms with Crippen LogP contribution in [0.3, 0.4) is 0 Å². The summed E-state index contributed by atoms with van der Waals surface area (Å²) in [5.41, 5.74) is 5.95. The maximum atomic E-state index is 11.0. The first kappa shape index (κ1) is 22.1. The van der Waals surface area contributed by atoms with Gasteiger partial charge in [-0.25, -0.2) is 9.98 Å². The number of nitro benzene ring substituents is 1. The molecule has 1 aliphatic carbocycles. The summed E-state index contributed by atoms with van der Waals surface area (Å²) >= 11 is 3.32. The number of aliphatic imine (C=N–C) groups is 1. The number of hydrogen-bond acceptors (Lipinski definition) is 7. The monoisotopic (exact) mass is 501 g/mol. The van der Waals surface area contributed by atoms with Gasteiger partial charge in [-0.3, -0.25) is 10.1 Å². The van der Waals surface area contributed by atoms with E-state index in [4.69, 9.17) is 4.99 Å². The van der Waals surface area contributed by atoms with Gasteiger partial charge in [0, 0.05) is 31.0 Å².